The molecule has 1 amide bonds. The van der Waals surface area contributed by atoms with Crippen LogP contribution in [0.15, 0.2) is 45.6 Å². The van der Waals surface area contributed by atoms with Crippen LogP contribution < -0.4 is 20.4 Å². The van der Waals surface area contributed by atoms with Crippen molar-refractivity contribution in [2.45, 2.75) is 26.7 Å². The first kappa shape index (κ1) is 20.4. The van der Waals surface area contributed by atoms with Crippen LogP contribution in [0.5, 0.6) is 11.5 Å². The molecule has 1 N–H and O–H groups in total. The van der Waals surface area contributed by atoms with E-state index in [4.69, 9.17) is 13.9 Å². The summed E-state index contributed by atoms with van der Waals surface area (Å²) in [6.07, 6.45) is 0.281. The summed E-state index contributed by atoms with van der Waals surface area (Å²) in [5.74, 6) is 0.0893. The SMILES string of the molecule is CCOc1cc(F)ccc1NC(=O)CCc1c(C)c2ccc(OC)cc2oc1=O. The molecule has 29 heavy (non-hydrogen) atoms. The lowest BCUT2D eigenvalue weighted by atomic mass is 10.0. The average molecular weight is 399 g/mol. The van der Waals surface area contributed by atoms with Crippen LogP contribution in [0, 0.1) is 12.7 Å². The van der Waals surface area contributed by atoms with Gasteiger partial charge in [-0.05, 0) is 50.1 Å². The molecule has 0 spiro atoms. The molecule has 0 bridgehead atoms. The highest BCUT2D eigenvalue weighted by atomic mass is 19.1. The normalized spacial score (nSPS) is 10.8. The number of hydrogen-bond donors (Lipinski definition) is 1. The minimum Gasteiger partial charge on any atom is -0.497 e. The van der Waals surface area contributed by atoms with Crippen molar-refractivity contribution in [3.63, 3.8) is 0 Å². The molecule has 0 unspecified atom stereocenters. The number of carbonyl (C=O) groups is 1. The first-order valence-corrected chi connectivity index (χ1v) is 9.25. The molecule has 1 aromatic heterocycles. The molecule has 1 heterocycles. The summed E-state index contributed by atoms with van der Waals surface area (Å²) in [4.78, 5) is 24.8. The molecule has 152 valence electrons. The van der Waals surface area contributed by atoms with E-state index in [-0.39, 0.29) is 24.5 Å². The quantitative estimate of drug-likeness (QED) is 0.602. The van der Waals surface area contributed by atoms with Gasteiger partial charge < -0.3 is 19.2 Å². The number of anilines is 1. The van der Waals surface area contributed by atoms with Crippen LogP contribution in [0.25, 0.3) is 11.0 Å². The number of rotatable bonds is 7. The van der Waals surface area contributed by atoms with E-state index in [1.54, 1.807) is 19.1 Å². The number of halogens is 1. The molecule has 0 saturated heterocycles. The zero-order chi connectivity index (χ0) is 21.0. The summed E-state index contributed by atoms with van der Waals surface area (Å²) >= 11 is 0. The van der Waals surface area contributed by atoms with Gasteiger partial charge >= 0.3 is 5.63 Å². The lowest BCUT2D eigenvalue weighted by Gasteiger charge is -2.12. The first-order valence-electron chi connectivity index (χ1n) is 9.25. The molecule has 3 rings (SSSR count). The smallest absolute Gasteiger partial charge is 0.339 e. The molecule has 0 fully saturated rings. The number of fused-ring (bicyclic) bond motifs is 1. The van der Waals surface area contributed by atoms with Gasteiger partial charge in [0.25, 0.3) is 0 Å². The highest BCUT2D eigenvalue weighted by molar-refractivity contribution is 5.92. The molecule has 0 aliphatic carbocycles. The van der Waals surface area contributed by atoms with Gasteiger partial charge in [-0.2, -0.15) is 0 Å². The van der Waals surface area contributed by atoms with Crippen molar-refractivity contribution in [2.24, 2.45) is 0 Å². The molecule has 2 aromatic carbocycles. The second kappa shape index (κ2) is 8.77. The predicted molar refractivity (Wildman–Crippen MR) is 108 cm³/mol. The largest absolute Gasteiger partial charge is 0.497 e. The fraction of sp³-hybridized carbons (Fsp3) is 0.273. The van der Waals surface area contributed by atoms with Gasteiger partial charge in [0.1, 0.15) is 22.9 Å². The Morgan fingerprint density at radius 2 is 2.00 bits per heavy atom. The van der Waals surface area contributed by atoms with Gasteiger partial charge in [-0.25, -0.2) is 9.18 Å². The Hall–Kier alpha value is -3.35. The van der Waals surface area contributed by atoms with Crippen molar-refractivity contribution < 1.29 is 23.1 Å². The minimum absolute atomic E-state index is 0.0657. The summed E-state index contributed by atoms with van der Waals surface area (Å²) in [5, 5.41) is 3.49. The van der Waals surface area contributed by atoms with Crippen LogP contribution in [0.4, 0.5) is 10.1 Å². The number of carbonyl (C=O) groups excluding carboxylic acids is 1. The molecular formula is C22H22FNO5. The third kappa shape index (κ3) is 4.56. The molecule has 0 aliphatic rings. The highest BCUT2D eigenvalue weighted by Gasteiger charge is 2.15. The van der Waals surface area contributed by atoms with Crippen LogP contribution >= 0.6 is 0 Å². The Balaban J connectivity index is 1.77. The lowest BCUT2D eigenvalue weighted by Crippen LogP contribution is -2.17. The number of methoxy groups -OCH3 is 1. The predicted octanol–water partition coefficient (Wildman–Crippen LogP) is 4.22. The maximum atomic E-state index is 13.4. The highest BCUT2D eigenvalue weighted by Crippen LogP contribution is 2.27. The van der Waals surface area contributed by atoms with Crippen molar-refractivity contribution in [1.29, 1.82) is 0 Å². The topological polar surface area (TPSA) is 77.8 Å². The van der Waals surface area contributed by atoms with Crippen LogP contribution in [0.1, 0.15) is 24.5 Å². The van der Waals surface area contributed by atoms with Crippen LogP contribution in [0.3, 0.4) is 0 Å². The molecule has 0 atom stereocenters. The van der Waals surface area contributed by atoms with E-state index in [9.17, 15) is 14.0 Å². The Morgan fingerprint density at radius 1 is 1.21 bits per heavy atom. The fourth-order valence-electron chi connectivity index (χ4n) is 3.12. The second-order valence-electron chi connectivity index (χ2n) is 6.48. The van der Waals surface area contributed by atoms with Gasteiger partial charge in [0.05, 0.1) is 19.4 Å². The summed E-state index contributed by atoms with van der Waals surface area (Å²) < 4.78 is 29.3. The third-order valence-corrected chi connectivity index (χ3v) is 4.61. The van der Waals surface area contributed by atoms with Crippen LogP contribution in [-0.4, -0.2) is 19.6 Å². The van der Waals surface area contributed by atoms with Crippen LogP contribution in [0.2, 0.25) is 0 Å². The van der Waals surface area contributed by atoms with Crippen molar-refractivity contribution >= 4 is 22.6 Å². The van der Waals surface area contributed by atoms with E-state index in [0.29, 0.717) is 29.2 Å². The standard InChI is InChI=1S/C22H22FNO5/c1-4-28-20-11-14(23)5-9-18(20)24-21(25)10-8-17-13(2)16-7-6-15(27-3)12-19(16)29-22(17)26/h5-7,9,11-12H,4,8,10H2,1-3H3,(H,24,25). The number of benzene rings is 2. The van der Waals surface area contributed by atoms with Gasteiger partial charge in [-0.15, -0.1) is 0 Å². The fourth-order valence-corrected chi connectivity index (χ4v) is 3.12. The molecule has 0 radical (unpaired) electrons. The van der Waals surface area contributed by atoms with E-state index >= 15 is 0 Å². The van der Waals surface area contributed by atoms with E-state index in [2.05, 4.69) is 5.32 Å². The number of aryl methyl sites for hydroxylation is 1. The average Bonchev–Trinajstić information content (AvgIpc) is 2.69. The minimum atomic E-state index is -0.479. The Kier molecular flexibility index (Phi) is 6.16. The summed E-state index contributed by atoms with van der Waals surface area (Å²) in [6.45, 7) is 3.94. The maximum absolute atomic E-state index is 13.4. The van der Waals surface area contributed by atoms with Gasteiger partial charge in [0.15, 0.2) is 0 Å². The molecule has 3 aromatic rings. The number of nitrogens with one attached hydrogen (secondary N) is 1. The van der Waals surface area contributed by atoms with Crippen molar-refractivity contribution in [2.75, 3.05) is 19.0 Å². The monoisotopic (exact) mass is 399 g/mol. The first-order chi connectivity index (χ1) is 13.9. The third-order valence-electron chi connectivity index (χ3n) is 4.61. The van der Waals surface area contributed by atoms with E-state index in [1.807, 2.05) is 13.0 Å². The number of amides is 1. The molecule has 0 aliphatic heterocycles. The van der Waals surface area contributed by atoms with Gasteiger partial charge in [0.2, 0.25) is 5.91 Å². The number of ether oxygens (including phenoxy) is 2. The summed E-state index contributed by atoms with van der Waals surface area (Å²) in [6, 6.07) is 9.17. The van der Waals surface area contributed by atoms with Gasteiger partial charge in [-0.1, -0.05) is 0 Å². The molecule has 6 nitrogen and oxygen atoms in total. The van der Waals surface area contributed by atoms with Crippen molar-refractivity contribution in [3.05, 3.63) is 63.8 Å². The number of hydrogen-bond acceptors (Lipinski definition) is 5. The molecule has 7 heteroatoms. The zero-order valence-corrected chi connectivity index (χ0v) is 16.5. The van der Waals surface area contributed by atoms with Crippen molar-refractivity contribution in [3.8, 4) is 11.5 Å². The van der Waals surface area contributed by atoms with E-state index in [1.165, 1.54) is 25.3 Å². The van der Waals surface area contributed by atoms with Gasteiger partial charge in [0, 0.05) is 29.5 Å². The molecule has 0 saturated carbocycles. The summed E-state index contributed by atoms with van der Waals surface area (Å²) in [7, 11) is 1.54. The van der Waals surface area contributed by atoms with Crippen molar-refractivity contribution in [1.82, 2.24) is 0 Å². The van der Waals surface area contributed by atoms with Crippen LogP contribution in [-0.2, 0) is 11.2 Å². The van der Waals surface area contributed by atoms with Gasteiger partial charge in [-0.3, -0.25) is 4.79 Å². The molecular weight excluding hydrogens is 377 g/mol. The Morgan fingerprint density at radius 3 is 2.72 bits per heavy atom. The lowest BCUT2D eigenvalue weighted by molar-refractivity contribution is -0.116. The van der Waals surface area contributed by atoms with E-state index < -0.39 is 11.4 Å². The van der Waals surface area contributed by atoms with E-state index in [0.717, 1.165) is 10.9 Å². The zero-order valence-electron chi connectivity index (χ0n) is 16.5. The Bertz CT molecular complexity index is 1110. The Labute approximate surface area is 167 Å². The second-order valence-corrected chi connectivity index (χ2v) is 6.48. The summed E-state index contributed by atoms with van der Waals surface area (Å²) in [5.41, 5.74) is 1.55. The maximum Gasteiger partial charge on any atom is 0.339 e.